The van der Waals surface area contributed by atoms with Crippen LogP contribution in [0, 0.1) is 12.3 Å². The van der Waals surface area contributed by atoms with Crippen molar-refractivity contribution in [2.75, 3.05) is 12.4 Å². The SMILES string of the molecule is Cc1cc(Cl)ccc1C(=O)NCC1(CCl)CC1. The third kappa shape index (κ3) is 2.93. The van der Waals surface area contributed by atoms with Crippen LogP contribution in [0.3, 0.4) is 0 Å². The second kappa shape index (κ2) is 4.87. The number of rotatable bonds is 4. The van der Waals surface area contributed by atoms with Crippen LogP contribution in [0.4, 0.5) is 0 Å². The number of benzene rings is 1. The second-order valence-electron chi connectivity index (χ2n) is 4.78. The summed E-state index contributed by atoms with van der Waals surface area (Å²) in [6, 6.07) is 5.29. The first-order chi connectivity index (χ1) is 8.06. The van der Waals surface area contributed by atoms with E-state index in [0.29, 0.717) is 23.0 Å². The Labute approximate surface area is 111 Å². The number of alkyl halides is 1. The van der Waals surface area contributed by atoms with E-state index in [4.69, 9.17) is 23.2 Å². The number of nitrogens with one attached hydrogen (secondary N) is 1. The molecule has 0 unspecified atom stereocenters. The highest BCUT2D eigenvalue weighted by Gasteiger charge is 2.41. The molecule has 1 amide bonds. The van der Waals surface area contributed by atoms with E-state index in [0.717, 1.165) is 18.4 Å². The molecule has 1 fully saturated rings. The monoisotopic (exact) mass is 271 g/mol. The maximum Gasteiger partial charge on any atom is 0.251 e. The van der Waals surface area contributed by atoms with Gasteiger partial charge in [0.1, 0.15) is 0 Å². The summed E-state index contributed by atoms with van der Waals surface area (Å²) in [6.45, 7) is 2.55. The molecule has 1 N–H and O–H groups in total. The first-order valence-corrected chi connectivity index (χ1v) is 6.58. The summed E-state index contributed by atoms with van der Waals surface area (Å²) in [5, 5.41) is 3.60. The van der Waals surface area contributed by atoms with Crippen molar-refractivity contribution in [2.24, 2.45) is 5.41 Å². The van der Waals surface area contributed by atoms with Crippen molar-refractivity contribution in [3.05, 3.63) is 34.3 Å². The van der Waals surface area contributed by atoms with Crippen molar-refractivity contribution in [1.82, 2.24) is 5.32 Å². The average molecular weight is 272 g/mol. The molecule has 1 aromatic carbocycles. The Morgan fingerprint density at radius 3 is 2.71 bits per heavy atom. The molecule has 0 heterocycles. The Balaban J connectivity index is 2.00. The van der Waals surface area contributed by atoms with Gasteiger partial charge in [0.15, 0.2) is 0 Å². The Morgan fingerprint density at radius 1 is 1.47 bits per heavy atom. The molecule has 92 valence electrons. The molecule has 1 aromatic rings. The van der Waals surface area contributed by atoms with Gasteiger partial charge in [-0.3, -0.25) is 4.79 Å². The van der Waals surface area contributed by atoms with Crippen molar-refractivity contribution >= 4 is 29.1 Å². The minimum atomic E-state index is -0.0458. The average Bonchev–Trinajstić information content (AvgIpc) is 3.07. The zero-order chi connectivity index (χ0) is 12.5. The van der Waals surface area contributed by atoms with Crippen LogP contribution >= 0.6 is 23.2 Å². The number of halogens is 2. The third-order valence-electron chi connectivity index (χ3n) is 3.30. The molecule has 2 nitrogen and oxygen atoms in total. The number of carbonyl (C=O) groups excluding carboxylic acids is 1. The lowest BCUT2D eigenvalue weighted by molar-refractivity contribution is 0.0946. The van der Waals surface area contributed by atoms with Crippen LogP contribution in [-0.2, 0) is 0 Å². The summed E-state index contributed by atoms with van der Waals surface area (Å²) in [5.41, 5.74) is 1.72. The van der Waals surface area contributed by atoms with Crippen molar-refractivity contribution in [3.8, 4) is 0 Å². The van der Waals surface area contributed by atoms with E-state index in [1.54, 1.807) is 18.2 Å². The second-order valence-corrected chi connectivity index (χ2v) is 5.48. The maximum atomic E-state index is 12.0. The molecule has 0 aliphatic heterocycles. The molecule has 0 spiro atoms. The summed E-state index contributed by atoms with van der Waals surface area (Å²) in [4.78, 5) is 12.0. The summed E-state index contributed by atoms with van der Waals surface area (Å²) in [7, 11) is 0. The smallest absolute Gasteiger partial charge is 0.251 e. The van der Waals surface area contributed by atoms with Gasteiger partial charge < -0.3 is 5.32 Å². The molecule has 4 heteroatoms. The maximum absolute atomic E-state index is 12.0. The topological polar surface area (TPSA) is 29.1 Å². The summed E-state index contributed by atoms with van der Waals surface area (Å²) in [5.74, 6) is 0.572. The van der Waals surface area contributed by atoms with Crippen LogP contribution in [-0.4, -0.2) is 18.3 Å². The van der Waals surface area contributed by atoms with Crippen molar-refractivity contribution < 1.29 is 4.79 Å². The Bertz CT molecular complexity index is 441. The Kier molecular flexibility index (Phi) is 3.64. The van der Waals surface area contributed by atoms with E-state index in [1.165, 1.54) is 0 Å². The van der Waals surface area contributed by atoms with Gasteiger partial charge >= 0.3 is 0 Å². The molecular formula is C13H15Cl2NO. The molecule has 1 saturated carbocycles. The minimum absolute atomic E-state index is 0.0458. The molecule has 2 rings (SSSR count). The highest BCUT2D eigenvalue weighted by molar-refractivity contribution is 6.30. The minimum Gasteiger partial charge on any atom is -0.351 e. The number of hydrogen-bond donors (Lipinski definition) is 1. The lowest BCUT2D eigenvalue weighted by Crippen LogP contribution is -2.31. The van der Waals surface area contributed by atoms with Crippen LogP contribution in [0.1, 0.15) is 28.8 Å². The van der Waals surface area contributed by atoms with Gasteiger partial charge in [-0.05, 0) is 43.5 Å². The summed E-state index contributed by atoms with van der Waals surface area (Å²) in [6.07, 6.45) is 2.22. The molecule has 1 aliphatic rings. The number of carbonyl (C=O) groups is 1. The van der Waals surface area contributed by atoms with Crippen LogP contribution in [0.5, 0.6) is 0 Å². The molecule has 1 aliphatic carbocycles. The van der Waals surface area contributed by atoms with Gasteiger partial charge in [-0.25, -0.2) is 0 Å². The molecule has 0 bridgehead atoms. The lowest BCUT2D eigenvalue weighted by atomic mass is 10.1. The molecule has 0 saturated heterocycles. The molecule has 0 radical (unpaired) electrons. The van der Waals surface area contributed by atoms with E-state index < -0.39 is 0 Å². The highest BCUT2D eigenvalue weighted by atomic mass is 35.5. The Hall–Kier alpha value is -0.730. The first kappa shape index (κ1) is 12.7. The van der Waals surface area contributed by atoms with Gasteiger partial charge in [-0.2, -0.15) is 0 Å². The first-order valence-electron chi connectivity index (χ1n) is 5.67. The fourth-order valence-electron chi connectivity index (χ4n) is 1.78. The summed E-state index contributed by atoms with van der Waals surface area (Å²) >= 11 is 11.7. The van der Waals surface area contributed by atoms with Gasteiger partial charge in [-0.15, -0.1) is 11.6 Å². The third-order valence-corrected chi connectivity index (χ3v) is 4.10. The van der Waals surface area contributed by atoms with Crippen molar-refractivity contribution in [3.63, 3.8) is 0 Å². The molecule has 0 atom stereocenters. The van der Waals surface area contributed by atoms with E-state index >= 15 is 0 Å². The van der Waals surface area contributed by atoms with Crippen molar-refractivity contribution in [2.45, 2.75) is 19.8 Å². The number of amides is 1. The standard InChI is InChI=1S/C13H15Cl2NO/c1-9-6-10(15)2-3-11(9)12(17)16-8-13(7-14)4-5-13/h2-3,6H,4-5,7-8H2,1H3,(H,16,17). The van der Waals surface area contributed by atoms with E-state index in [1.807, 2.05) is 6.92 Å². The van der Waals surface area contributed by atoms with Gasteiger partial charge in [0.25, 0.3) is 5.91 Å². The largest absolute Gasteiger partial charge is 0.351 e. The number of hydrogen-bond acceptors (Lipinski definition) is 1. The van der Waals surface area contributed by atoms with Gasteiger partial charge in [-0.1, -0.05) is 11.6 Å². The highest BCUT2D eigenvalue weighted by Crippen LogP contribution is 2.45. The Morgan fingerprint density at radius 2 is 2.18 bits per heavy atom. The zero-order valence-electron chi connectivity index (χ0n) is 9.72. The van der Waals surface area contributed by atoms with Gasteiger partial charge in [0, 0.05) is 28.4 Å². The number of aryl methyl sites for hydroxylation is 1. The van der Waals surface area contributed by atoms with Gasteiger partial charge in [0.05, 0.1) is 0 Å². The molecule has 17 heavy (non-hydrogen) atoms. The normalized spacial score (nSPS) is 16.6. The molecule has 0 aromatic heterocycles. The van der Waals surface area contributed by atoms with E-state index in [9.17, 15) is 4.79 Å². The van der Waals surface area contributed by atoms with E-state index in [-0.39, 0.29) is 11.3 Å². The van der Waals surface area contributed by atoms with Gasteiger partial charge in [0.2, 0.25) is 0 Å². The van der Waals surface area contributed by atoms with Crippen LogP contribution < -0.4 is 5.32 Å². The van der Waals surface area contributed by atoms with Crippen LogP contribution in [0.2, 0.25) is 5.02 Å². The molecular weight excluding hydrogens is 257 g/mol. The van der Waals surface area contributed by atoms with Crippen molar-refractivity contribution in [1.29, 1.82) is 0 Å². The lowest BCUT2D eigenvalue weighted by Gasteiger charge is -2.13. The predicted molar refractivity (Wildman–Crippen MR) is 70.9 cm³/mol. The quantitative estimate of drug-likeness (QED) is 0.836. The van der Waals surface area contributed by atoms with E-state index in [2.05, 4.69) is 5.32 Å². The van der Waals surface area contributed by atoms with Crippen LogP contribution in [0.15, 0.2) is 18.2 Å². The fourth-order valence-corrected chi connectivity index (χ4v) is 2.37. The summed E-state index contributed by atoms with van der Waals surface area (Å²) < 4.78 is 0. The zero-order valence-corrected chi connectivity index (χ0v) is 11.2. The predicted octanol–water partition coefficient (Wildman–Crippen LogP) is 3.40. The fraction of sp³-hybridized carbons (Fsp3) is 0.462. The van der Waals surface area contributed by atoms with Crippen LogP contribution in [0.25, 0.3) is 0 Å².